The van der Waals surface area contributed by atoms with Crippen LogP contribution >= 0.6 is 15.9 Å². The minimum Gasteiger partial charge on any atom is -0.265 e. The number of aliphatic imine (C=N–C) groups is 1. The molecule has 0 bridgehead atoms. The van der Waals surface area contributed by atoms with E-state index in [0.717, 1.165) is 27.7 Å². The standard InChI is InChI=1S/C23H16BrF3N2/c24-20-12-8-17(9-13-20)21(14-16-4-2-1-3-5-16)29-22(15-28)18-6-10-19(11-7-18)23(25,26)27/h1-13,21H,14H2/t21-/m1/s1. The van der Waals surface area contributed by atoms with Crippen LogP contribution in [0, 0.1) is 11.3 Å². The van der Waals surface area contributed by atoms with Crippen LogP contribution in [-0.2, 0) is 12.6 Å². The number of alkyl halides is 3. The van der Waals surface area contributed by atoms with Crippen LogP contribution in [0.4, 0.5) is 13.2 Å². The highest BCUT2D eigenvalue weighted by Gasteiger charge is 2.30. The van der Waals surface area contributed by atoms with E-state index >= 15 is 0 Å². The van der Waals surface area contributed by atoms with Crippen molar-refractivity contribution in [3.05, 3.63) is 106 Å². The van der Waals surface area contributed by atoms with E-state index in [1.54, 1.807) is 0 Å². The zero-order valence-electron chi connectivity index (χ0n) is 15.2. The Hall–Kier alpha value is -2.91. The van der Waals surface area contributed by atoms with Gasteiger partial charge in [0.15, 0.2) is 0 Å². The molecule has 1 atom stereocenters. The zero-order chi connectivity index (χ0) is 20.9. The van der Waals surface area contributed by atoms with Gasteiger partial charge in [0, 0.05) is 10.0 Å². The first-order valence-electron chi connectivity index (χ1n) is 8.82. The van der Waals surface area contributed by atoms with Crippen molar-refractivity contribution < 1.29 is 13.2 Å². The van der Waals surface area contributed by atoms with E-state index in [0.29, 0.717) is 12.0 Å². The first-order valence-corrected chi connectivity index (χ1v) is 9.61. The molecule has 0 N–H and O–H groups in total. The maximum Gasteiger partial charge on any atom is 0.416 e. The Bertz CT molecular complexity index is 1020. The Morgan fingerprint density at radius 3 is 2.10 bits per heavy atom. The third-order valence-corrected chi connectivity index (χ3v) is 4.93. The summed E-state index contributed by atoms with van der Waals surface area (Å²) in [4.78, 5) is 4.61. The Balaban J connectivity index is 1.98. The molecule has 0 aliphatic carbocycles. The van der Waals surface area contributed by atoms with Crippen LogP contribution in [0.2, 0.25) is 0 Å². The summed E-state index contributed by atoms with van der Waals surface area (Å²) in [6.45, 7) is 0. The van der Waals surface area contributed by atoms with Gasteiger partial charge in [-0.05, 0) is 41.8 Å². The third-order valence-electron chi connectivity index (χ3n) is 4.40. The van der Waals surface area contributed by atoms with Crippen molar-refractivity contribution in [3.8, 4) is 6.07 Å². The Morgan fingerprint density at radius 1 is 0.931 bits per heavy atom. The maximum atomic E-state index is 12.8. The fourth-order valence-corrected chi connectivity index (χ4v) is 3.17. The highest BCUT2D eigenvalue weighted by atomic mass is 79.9. The highest BCUT2D eigenvalue weighted by molar-refractivity contribution is 9.10. The van der Waals surface area contributed by atoms with Crippen molar-refractivity contribution in [3.63, 3.8) is 0 Å². The third kappa shape index (κ3) is 5.55. The second-order valence-electron chi connectivity index (χ2n) is 6.42. The van der Waals surface area contributed by atoms with Gasteiger partial charge in [0.25, 0.3) is 0 Å². The van der Waals surface area contributed by atoms with Gasteiger partial charge in [-0.1, -0.05) is 70.5 Å². The number of rotatable bonds is 5. The average molecular weight is 457 g/mol. The van der Waals surface area contributed by atoms with Crippen molar-refractivity contribution in [2.24, 2.45) is 4.99 Å². The number of benzene rings is 3. The van der Waals surface area contributed by atoms with Crippen LogP contribution in [-0.4, -0.2) is 5.71 Å². The number of nitrogens with zero attached hydrogens (tertiary/aromatic N) is 2. The van der Waals surface area contributed by atoms with Crippen LogP contribution in [0.15, 0.2) is 88.3 Å². The summed E-state index contributed by atoms with van der Waals surface area (Å²) in [5.74, 6) is 0. The van der Waals surface area contributed by atoms with Crippen LogP contribution in [0.1, 0.15) is 28.3 Å². The predicted octanol–water partition coefficient (Wildman–Crippen LogP) is 6.76. The summed E-state index contributed by atoms with van der Waals surface area (Å²) >= 11 is 3.41. The highest BCUT2D eigenvalue weighted by Crippen LogP contribution is 2.30. The smallest absolute Gasteiger partial charge is 0.265 e. The molecule has 3 aromatic carbocycles. The van der Waals surface area contributed by atoms with E-state index < -0.39 is 11.7 Å². The van der Waals surface area contributed by atoms with E-state index in [9.17, 15) is 18.4 Å². The number of hydrogen-bond acceptors (Lipinski definition) is 2. The molecule has 0 saturated carbocycles. The van der Waals surface area contributed by atoms with Crippen LogP contribution in [0.3, 0.4) is 0 Å². The molecule has 2 nitrogen and oxygen atoms in total. The molecular weight excluding hydrogens is 441 g/mol. The van der Waals surface area contributed by atoms with Gasteiger partial charge in [0.05, 0.1) is 11.6 Å². The van der Waals surface area contributed by atoms with Crippen LogP contribution in [0.5, 0.6) is 0 Å². The van der Waals surface area contributed by atoms with Gasteiger partial charge in [-0.2, -0.15) is 18.4 Å². The van der Waals surface area contributed by atoms with Gasteiger partial charge >= 0.3 is 6.18 Å². The molecule has 0 aromatic heterocycles. The first kappa shape index (κ1) is 20.8. The zero-order valence-corrected chi connectivity index (χ0v) is 16.8. The van der Waals surface area contributed by atoms with E-state index in [4.69, 9.17) is 0 Å². The van der Waals surface area contributed by atoms with Crippen molar-refractivity contribution in [1.29, 1.82) is 5.26 Å². The van der Waals surface area contributed by atoms with Gasteiger partial charge in [-0.25, -0.2) is 0 Å². The summed E-state index contributed by atoms with van der Waals surface area (Å²) in [7, 11) is 0. The molecule has 146 valence electrons. The quantitative estimate of drug-likeness (QED) is 0.390. The minimum atomic E-state index is -4.42. The van der Waals surface area contributed by atoms with Gasteiger partial charge in [-0.15, -0.1) is 0 Å². The Labute approximate surface area is 175 Å². The fraction of sp³-hybridized carbons (Fsp3) is 0.130. The summed E-state index contributed by atoms with van der Waals surface area (Å²) in [5.41, 5.74) is 1.66. The molecule has 6 heteroatoms. The molecular formula is C23H16BrF3N2. The number of hydrogen-bond donors (Lipinski definition) is 0. The summed E-state index contributed by atoms with van der Waals surface area (Å²) in [6.07, 6.45) is -3.86. The number of halogens is 4. The Kier molecular flexibility index (Phi) is 6.50. The molecule has 0 amide bonds. The molecule has 0 unspecified atom stereocenters. The maximum absolute atomic E-state index is 12.8. The monoisotopic (exact) mass is 456 g/mol. The SMILES string of the molecule is N#CC(=N[C@H](Cc1ccccc1)c1ccc(Br)cc1)c1ccc(C(F)(F)F)cc1. The van der Waals surface area contributed by atoms with Crippen LogP contribution < -0.4 is 0 Å². The van der Waals surface area contributed by atoms with Gasteiger partial charge in [-0.3, -0.25) is 4.99 Å². The second-order valence-corrected chi connectivity index (χ2v) is 7.34. The summed E-state index contributed by atoms with van der Waals surface area (Å²) in [6, 6.07) is 23.6. The molecule has 3 aromatic rings. The van der Waals surface area contributed by atoms with E-state index in [2.05, 4.69) is 20.9 Å². The van der Waals surface area contributed by atoms with E-state index in [-0.39, 0.29) is 11.8 Å². The molecule has 0 saturated heterocycles. The normalized spacial score (nSPS) is 13.0. The number of nitriles is 1. The Morgan fingerprint density at radius 2 is 1.55 bits per heavy atom. The molecule has 0 heterocycles. The summed E-state index contributed by atoms with van der Waals surface area (Å²) < 4.78 is 39.4. The molecule has 0 aliphatic rings. The lowest BCUT2D eigenvalue weighted by atomic mass is 9.98. The van der Waals surface area contributed by atoms with Gasteiger partial charge in [0.2, 0.25) is 0 Å². The minimum absolute atomic E-state index is 0.0996. The second kappa shape index (κ2) is 9.06. The average Bonchev–Trinajstić information content (AvgIpc) is 2.72. The summed E-state index contributed by atoms with van der Waals surface area (Å²) in [5, 5.41) is 9.60. The topological polar surface area (TPSA) is 36.1 Å². The van der Waals surface area contributed by atoms with Crippen molar-refractivity contribution in [1.82, 2.24) is 0 Å². The molecule has 29 heavy (non-hydrogen) atoms. The lowest BCUT2D eigenvalue weighted by molar-refractivity contribution is -0.137. The van der Waals surface area contributed by atoms with Crippen molar-refractivity contribution >= 4 is 21.6 Å². The lowest BCUT2D eigenvalue weighted by Crippen LogP contribution is -2.08. The van der Waals surface area contributed by atoms with Crippen molar-refractivity contribution in [2.75, 3.05) is 0 Å². The van der Waals surface area contributed by atoms with Gasteiger partial charge in [0.1, 0.15) is 11.8 Å². The lowest BCUT2D eigenvalue weighted by Gasteiger charge is -2.15. The largest absolute Gasteiger partial charge is 0.416 e. The van der Waals surface area contributed by atoms with Gasteiger partial charge < -0.3 is 0 Å². The molecule has 0 fully saturated rings. The predicted molar refractivity (Wildman–Crippen MR) is 111 cm³/mol. The molecule has 0 aliphatic heterocycles. The fourth-order valence-electron chi connectivity index (χ4n) is 2.90. The van der Waals surface area contributed by atoms with Crippen LogP contribution in [0.25, 0.3) is 0 Å². The molecule has 3 rings (SSSR count). The van der Waals surface area contributed by atoms with E-state index in [1.165, 1.54) is 12.1 Å². The van der Waals surface area contributed by atoms with Crippen molar-refractivity contribution in [2.45, 2.75) is 18.6 Å². The first-order chi connectivity index (χ1) is 13.9. The molecule has 0 radical (unpaired) electrons. The van der Waals surface area contributed by atoms with E-state index in [1.807, 2.05) is 60.7 Å². The molecule has 0 spiro atoms.